The third kappa shape index (κ3) is 1.45. The Morgan fingerprint density at radius 1 is 1.56 bits per heavy atom. The van der Waals surface area contributed by atoms with Gasteiger partial charge >= 0.3 is 0 Å². The van der Waals surface area contributed by atoms with Crippen molar-refractivity contribution in [3.05, 3.63) is 30.1 Å². The van der Waals surface area contributed by atoms with Gasteiger partial charge in [-0.15, -0.1) is 0 Å². The average Bonchev–Trinajstić information content (AvgIpc) is 1.90. The summed E-state index contributed by atoms with van der Waals surface area (Å²) < 4.78 is 23.4. The van der Waals surface area contributed by atoms with Crippen LogP contribution in [0.2, 0.25) is 0 Å². The minimum atomic E-state index is -2.46. The first-order valence-corrected chi connectivity index (χ1v) is 2.41. The van der Waals surface area contributed by atoms with Gasteiger partial charge in [0.2, 0.25) is 0 Å². The minimum Gasteiger partial charge on any atom is -0.254 e. The first-order valence-electron chi connectivity index (χ1n) is 2.41. The summed E-state index contributed by atoms with van der Waals surface area (Å²) in [5.41, 5.74) is -0.155. The Morgan fingerprint density at radius 2 is 2.33 bits per heavy atom. The van der Waals surface area contributed by atoms with Crippen molar-refractivity contribution in [3.8, 4) is 0 Å². The third-order valence-corrected chi connectivity index (χ3v) is 0.865. The first-order chi connectivity index (χ1) is 4.30. The predicted molar refractivity (Wildman–Crippen MR) is 28.0 cm³/mol. The number of nitrogens with zero attached hydrogens (tertiary/aromatic N) is 1. The molecule has 0 spiro atoms. The summed E-state index contributed by atoms with van der Waals surface area (Å²) in [4.78, 5) is 3.40. The number of rotatable bonds is 1. The fourth-order valence-electron chi connectivity index (χ4n) is 0.460. The summed E-state index contributed by atoms with van der Waals surface area (Å²) in [6.45, 7) is 0. The minimum absolute atomic E-state index is 0.155. The Balaban J connectivity index is 2.85. The topological polar surface area (TPSA) is 12.9 Å². The van der Waals surface area contributed by atoms with Gasteiger partial charge in [0.25, 0.3) is 6.43 Å². The summed E-state index contributed by atoms with van der Waals surface area (Å²) in [6, 6.07) is 2.75. The highest BCUT2D eigenvalue weighted by molar-refractivity contribution is 5.07. The lowest BCUT2D eigenvalue weighted by Crippen LogP contribution is -1.83. The van der Waals surface area contributed by atoms with E-state index >= 15 is 0 Å². The molecule has 1 aromatic heterocycles. The molecular formula is C6H4F2N. The molecule has 0 saturated heterocycles. The molecule has 1 heterocycles. The van der Waals surface area contributed by atoms with Gasteiger partial charge in [0.15, 0.2) is 0 Å². The molecule has 0 amide bonds. The number of alkyl halides is 2. The molecule has 0 aliphatic rings. The van der Waals surface area contributed by atoms with Crippen molar-refractivity contribution >= 4 is 0 Å². The quantitative estimate of drug-likeness (QED) is 0.562. The lowest BCUT2D eigenvalue weighted by Gasteiger charge is -1.92. The van der Waals surface area contributed by atoms with E-state index in [1.165, 1.54) is 18.3 Å². The van der Waals surface area contributed by atoms with E-state index in [4.69, 9.17) is 0 Å². The monoisotopic (exact) mass is 128 g/mol. The van der Waals surface area contributed by atoms with E-state index in [1.54, 1.807) is 0 Å². The molecule has 9 heavy (non-hydrogen) atoms. The molecule has 0 aromatic carbocycles. The number of pyridine rings is 1. The van der Waals surface area contributed by atoms with Crippen LogP contribution in [0.5, 0.6) is 0 Å². The predicted octanol–water partition coefficient (Wildman–Crippen LogP) is 1.82. The van der Waals surface area contributed by atoms with Crippen molar-refractivity contribution in [3.63, 3.8) is 0 Å². The van der Waals surface area contributed by atoms with Gasteiger partial charge in [-0.2, -0.15) is 0 Å². The maximum atomic E-state index is 11.7. The van der Waals surface area contributed by atoms with Crippen molar-refractivity contribution in [2.24, 2.45) is 0 Å². The van der Waals surface area contributed by atoms with Gasteiger partial charge in [0, 0.05) is 11.8 Å². The second-order valence-electron chi connectivity index (χ2n) is 1.51. The molecule has 0 aliphatic carbocycles. The van der Waals surface area contributed by atoms with Crippen LogP contribution in [0.3, 0.4) is 0 Å². The van der Waals surface area contributed by atoms with Gasteiger partial charge < -0.3 is 0 Å². The Morgan fingerprint density at radius 3 is 2.67 bits per heavy atom. The summed E-state index contributed by atoms with van der Waals surface area (Å²) >= 11 is 0. The van der Waals surface area contributed by atoms with Crippen LogP contribution in [0.4, 0.5) is 8.78 Å². The molecule has 0 unspecified atom stereocenters. The van der Waals surface area contributed by atoms with Gasteiger partial charge in [-0.05, 0) is 12.1 Å². The van der Waals surface area contributed by atoms with Crippen molar-refractivity contribution in [1.82, 2.24) is 4.98 Å². The standard InChI is InChI=1S/C6H4F2N/c7-6(8)5-2-1-3-9-4-5/h1-3,6H. The van der Waals surface area contributed by atoms with E-state index < -0.39 is 6.43 Å². The highest BCUT2D eigenvalue weighted by Crippen LogP contribution is 2.15. The second kappa shape index (κ2) is 2.53. The average molecular weight is 128 g/mol. The molecule has 1 nitrogen and oxygen atoms in total. The molecule has 0 bridgehead atoms. The van der Waals surface area contributed by atoms with Crippen LogP contribution in [0.1, 0.15) is 12.0 Å². The molecule has 0 atom stereocenters. The lowest BCUT2D eigenvalue weighted by atomic mass is 10.3. The van der Waals surface area contributed by atoms with Crippen LogP contribution in [-0.2, 0) is 0 Å². The molecule has 0 fully saturated rings. The van der Waals surface area contributed by atoms with Gasteiger partial charge in [0.05, 0.1) is 6.20 Å². The normalized spacial score (nSPS) is 10.1. The molecule has 0 aliphatic heterocycles. The van der Waals surface area contributed by atoms with Crippen molar-refractivity contribution < 1.29 is 8.78 Å². The SMILES string of the molecule is FC(F)c1[c]nccc1. The molecule has 1 radical (unpaired) electrons. The zero-order valence-corrected chi connectivity index (χ0v) is 4.51. The third-order valence-electron chi connectivity index (χ3n) is 0.865. The second-order valence-corrected chi connectivity index (χ2v) is 1.51. The summed E-state index contributed by atoms with van der Waals surface area (Å²) in [5.74, 6) is 0. The van der Waals surface area contributed by atoms with E-state index in [0.29, 0.717) is 0 Å². The van der Waals surface area contributed by atoms with Crippen molar-refractivity contribution in [2.75, 3.05) is 0 Å². The Kier molecular flexibility index (Phi) is 1.72. The van der Waals surface area contributed by atoms with Crippen molar-refractivity contribution in [2.45, 2.75) is 6.43 Å². The first kappa shape index (κ1) is 6.13. The zero-order valence-electron chi connectivity index (χ0n) is 4.51. The van der Waals surface area contributed by atoms with Crippen LogP contribution in [-0.4, -0.2) is 4.98 Å². The van der Waals surface area contributed by atoms with Gasteiger partial charge in [0.1, 0.15) is 0 Å². The molecule has 3 heteroatoms. The Bertz CT molecular complexity index is 174. The van der Waals surface area contributed by atoms with E-state index in [1.807, 2.05) is 0 Å². The van der Waals surface area contributed by atoms with Crippen LogP contribution in [0, 0.1) is 6.20 Å². The van der Waals surface area contributed by atoms with Crippen LogP contribution in [0.15, 0.2) is 18.3 Å². The lowest BCUT2D eigenvalue weighted by molar-refractivity contribution is 0.150. The summed E-state index contributed by atoms with van der Waals surface area (Å²) in [6.07, 6.45) is 1.12. The fraction of sp³-hybridized carbons (Fsp3) is 0.167. The Hall–Kier alpha value is -0.990. The number of halogens is 2. The zero-order chi connectivity index (χ0) is 6.69. The van der Waals surface area contributed by atoms with Crippen LogP contribution >= 0.6 is 0 Å². The van der Waals surface area contributed by atoms with Crippen LogP contribution < -0.4 is 0 Å². The van der Waals surface area contributed by atoms with E-state index in [-0.39, 0.29) is 5.56 Å². The van der Waals surface area contributed by atoms with Crippen LogP contribution in [0.25, 0.3) is 0 Å². The molecule has 1 aromatic rings. The maximum absolute atomic E-state index is 11.7. The van der Waals surface area contributed by atoms with Gasteiger partial charge in [-0.3, -0.25) is 4.98 Å². The fourth-order valence-corrected chi connectivity index (χ4v) is 0.460. The molecule has 1 rings (SSSR count). The van der Waals surface area contributed by atoms with E-state index in [9.17, 15) is 8.78 Å². The van der Waals surface area contributed by atoms with Gasteiger partial charge in [-0.1, -0.05) is 0 Å². The largest absolute Gasteiger partial charge is 0.266 e. The van der Waals surface area contributed by atoms with E-state index in [0.717, 1.165) is 0 Å². The summed E-state index contributed by atoms with van der Waals surface area (Å²) in [7, 11) is 0. The highest BCUT2D eigenvalue weighted by atomic mass is 19.3. The molecular weight excluding hydrogens is 124 g/mol. The van der Waals surface area contributed by atoms with Crippen molar-refractivity contribution in [1.29, 1.82) is 0 Å². The molecule has 47 valence electrons. The van der Waals surface area contributed by atoms with E-state index in [2.05, 4.69) is 11.2 Å². The highest BCUT2D eigenvalue weighted by Gasteiger charge is 2.04. The van der Waals surface area contributed by atoms with Gasteiger partial charge in [-0.25, -0.2) is 8.78 Å². The number of hydrogen-bond donors (Lipinski definition) is 0. The molecule has 0 saturated carbocycles. The molecule has 0 N–H and O–H groups in total. The maximum Gasteiger partial charge on any atom is 0.266 e. The Labute approximate surface area is 51.3 Å². The summed E-state index contributed by atoms with van der Waals surface area (Å²) in [5, 5.41) is 0. The number of aromatic nitrogens is 1. The smallest absolute Gasteiger partial charge is 0.254 e. The number of hydrogen-bond acceptors (Lipinski definition) is 1.